The molecule has 5 nitrogen and oxygen atoms in total. The first-order valence-corrected chi connectivity index (χ1v) is 9.04. The van der Waals surface area contributed by atoms with Gasteiger partial charge in [0.25, 0.3) is 0 Å². The van der Waals surface area contributed by atoms with Crippen LogP contribution in [0.25, 0.3) is 10.9 Å². The third-order valence-corrected chi connectivity index (χ3v) is 4.98. The molecule has 7 heteroatoms. The Hall–Kier alpha value is -2.57. The largest absolute Gasteiger partial charge is 0.361 e. The molecule has 0 atom stereocenters. The average Bonchev–Trinajstić information content (AvgIpc) is 3.26. The predicted molar refractivity (Wildman–Crippen MR) is 102 cm³/mol. The van der Waals surface area contributed by atoms with Crippen molar-refractivity contribution >= 4 is 40.5 Å². The number of hydrogen-bond donors (Lipinski definition) is 1. The molecule has 0 aliphatic heterocycles. The van der Waals surface area contributed by atoms with Crippen molar-refractivity contribution in [1.29, 1.82) is 0 Å². The average molecular weight is 368 g/mol. The van der Waals surface area contributed by atoms with Crippen molar-refractivity contribution in [3.05, 3.63) is 77.2 Å². The molecule has 0 aliphatic rings. The smallest absolute Gasteiger partial charge is 0.212 e. The molecule has 2 aromatic carbocycles. The van der Waals surface area contributed by atoms with Gasteiger partial charge < -0.3 is 4.98 Å². The van der Waals surface area contributed by atoms with Gasteiger partial charge in [-0.15, -0.1) is 10.2 Å². The number of thioether (sulfide) groups is 1. The van der Waals surface area contributed by atoms with Gasteiger partial charge in [-0.25, -0.2) is 0 Å². The van der Waals surface area contributed by atoms with Crippen LogP contribution >= 0.6 is 23.4 Å². The van der Waals surface area contributed by atoms with E-state index in [-0.39, 0.29) is 0 Å². The number of hydrogen-bond acceptors (Lipinski definition) is 4. The Kier molecular flexibility index (Phi) is 4.54. The summed E-state index contributed by atoms with van der Waals surface area (Å²) in [6, 6.07) is 15.9. The summed E-state index contributed by atoms with van der Waals surface area (Å²) >= 11 is 7.49. The Labute approximate surface area is 153 Å². The van der Waals surface area contributed by atoms with E-state index in [2.05, 4.69) is 26.3 Å². The Balaban J connectivity index is 1.50. The summed E-state index contributed by atoms with van der Waals surface area (Å²) in [6.07, 6.45) is 5.36. The molecule has 0 saturated carbocycles. The van der Waals surface area contributed by atoms with Gasteiger partial charge in [-0.05, 0) is 23.8 Å². The number of halogens is 1. The molecule has 0 unspecified atom stereocenters. The summed E-state index contributed by atoms with van der Waals surface area (Å²) < 4.78 is 1.68. The minimum atomic E-state index is 0.736. The van der Waals surface area contributed by atoms with E-state index in [0.717, 1.165) is 32.4 Å². The Morgan fingerprint density at radius 1 is 1.16 bits per heavy atom. The normalized spacial score (nSPS) is 11.6. The van der Waals surface area contributed by atoms with Crippen LogP contribution < -0.4 is 0 Å². The highest BCUT2D eigenvalue weighted by atomic mass is 35.5. The summed E-state index contributed by atoms with van der Waals surface area (Å²) in [7, 11) is 0. The summed E-state index contributed by atoms with van der Waals surface area (Å²) in [5.74, 6) is 0.776. The Bertz CT molecular complexity index is 1020. The molecule has 0 amide bonds. The van der Waals surface area contributed by atoms with Crippen molar-refractivity contribution in [3.8, 4) is 0 Å². The van der Waals surface area contributed by atoms with Gasteiger partial charge in [0.2, 0.25) is 5.16 Å². The van der Waals surface area contributed by atoms with Crippen LogP contribution in [0.3, 0.4) is 0 Å². The van der Waals surface area contributed by atoms with Crippen LogP contribution in [0.4, 0.5) is 0 Å². The number of rotatable bonds is 5. The molecule has 25 heavy (non-hydrogen) atoms. The maximum atomic E-state index is 5.91. The van der Waals surface area contributed by atoms with Crippen LogP contribution in [-0.2, 0) is 5.75 Å². The van der Waals surface area contributed by atoms with Crippen LogP contribution in [0.1, 0.15) is 11.1 Å². The maximum absolute atomic E-state index is 5.91. The van der Waals surface area contributed by atoms with Crippen LogP contribution in [0.15, 0.2) is 71.3 Å². The number of benzene rings is 2. The van der Waals surface area contributed by atoms with Crippen LogP contribution in [0, 0.1) is 0 Å². The van der Waals surface area contributed by atoms with Crippen molar-refractivity contribution < 1.29 is 0 Å². The molecule has 0 fully saturated rings. The fourth-order valence-electron chi connectivity index (χ4n) is 2.45. The molecule has 0 radical (unpaired) electrons. The lowest BCUT2D eigenvalue weighted by atomic mass is 10.2. The summed E-state index contributed by atoms with van der Waals surface area (Å²) in [6.45, 7) is 0. The number of aromatic nitrogens is 4. The molecular weight excluding hydrogens is 354 g/mol. The fraction of sp³-hybridized carbons (Fsp3) is 0.0556. The van der Waals surface area contributed by atoms with E-state index in [9.17, 15) is 0 Å². The van der Waals surface area contributed by atoms with Gasteiger partial charge in [-0.3, -0.25) is 0 Å². The van der Waals surface area contributed by atoms with Crippen LogP contribution in [0.5, 0.6) is 0 Å². The molecule has 0 bridgehead atoms. The topological polar surface area (TPSA) is 58.9 Å². The molecule has 2 heterocycles. The van der Waals surface area contributed by atoms with Crippen molar-refractivity contribution in [2.75, 3.05) is 0 Å². The van der Waals surface area contributed by atoms with Gasteiger partial charge in [0.1, 0.15) is 6.33 Å². The second-order valence-corrected chi connectivity index (χ2v) is 6.79. The molecule has 1 N–H and O–H groups in total. The van der Waals surface area contributed by atoms with Crippen molar-refractivity contribution in [1.82, 2.24) is 19.9 Å². The number of aromatic amines is 1. The first kappa shape index (κ1) is 15.9. The van der Waals surface area contributed by atoms with Gasteiger partial charge >= 0.3 is 0 Å². The SMILES string of the molecule is Clc1ccc(CSc2nncn2/N=C/c2c[nH]c3ccccc23)cc1. The second-order valence-electron chi connectivity index (χ2n) is 5.41. The monoisotopic (exact) mass is 367 g/mol. The predicted octanol–water partition coefficient (Wildman–Crippen LogP) is 4.59. The van der Waals surface area contributed by atoms with Crippen LogP contribution in [-0.4, -0.2) is 26.1 Å². The molecular formula is C18H14ClN5S. The molecule has 4 aromatic rings. The van der Waals surface area contributed by atoms with Gasteiger partial charge in [0.15, 0.2) is 0 Å². The van der Waals surface area contributed by atoms with E-state index in [1.54, 1.807) is 22.8 Å². The highest BCUT2D eigenvalue weighted by Crippen LogP contribution is 2.22. The zero-order chi connectivity index (χ0) is 17.1. The van der Waals surface area contributed by atoms with Crippen LogP contribution in [0.2, 0.25) is 5.02 Å². The summed E-state index contributed by atoms with van der Waals surface area (Å²) in [5.41, 5.74) is 3.28. The third kappa shape index (κ3) is 3.60. The van der Waals surface area contributed by atoms with Gasteiger partial charge in [-0.1, -0.05) is 53.7 Å². The quantitative estimate of drug-likeness (QED) is 0.414. The molecule has 124 valence electrons. The third-order valence-electron chi connectivity index (χ3n) is 3.72. The number of fused-ring (bicyclic) bond motifs is 1. The standard InChI is InChI=1S/C18H14ClN5S/c19-15-7-5-13(6-8-15)11-25-18-23-21-12-24(18)22-10-14-9-20-17-4-2-1-3-16(14)17/h1-10,12,20H,11H2/b22-10+. The molecule has 0 saturated heterocycles. The Morgan fingerprint density at radius 3 is 2.88 bits per heavy atom. The van der Waals surface area contributed by atoms with Crippen molar-refractivity contribution in [2.24, 2.45) is 5.10 Å². The number of H-pyrrole nitrogens is 1. The summed E-state index contributed by atoms with van der Waals surface area (Å²) in [5, 5.41) is 15.2. The lowest BCUT2D eigenvalue weighted by molar-refractivity contribution is 0.767. The fourth-order valence-corrected chi connectivity index (χ4v) is 3.39. The van der Waals surface area contributed by atoms with Crippen molar-refractivity contribution in [2.45, 2.75) is 10.9 Å². The van der Waals surface area contributed by atoms with E-state index in [0.29, 0.717) is 0 Å². The molecule has 0 aliphatic carbocycles. The summed E-state index contributed by atoms with van der Waals surface area (Å²) in [4.78, 5) is 3.24. The molecule has 4 rings (SSSR count). The highest BCUT2D eigenvalue weighted by molar-refractivity contribution is 7.98. The van der Waals surface area contributed by atoms with Gasteiger partial charge in [-0.2, -0.15) is 9.78 Å². The first-order valence-electron chi connectivity index (χ1n) is 7.67. The molecule has 0 spiro atoms. The number of para-hydroxylation sites is 1. The molecule has 2 aromatic heterocycles. The van der Waals surface area contributed by atoms with E-state index in [4.69, 9.17) is 11.6 Å². The zero-order valence-corrected chi connectivity index (χ0v) is 14.7. The van der Waals surface area contributed by atoms with E-state index < -0.39 is 0 Å². The van der Waals surface area contributed by atoms with Gasteiger partial charge in [0, 0.05) is 33.4 Å². The zero-order valence-electron chi connectivity index (χ0n) is 13.1. The maximum Gasteiger partial charge on any atom is 0.212 e. The number of nitrogens with zero attached hydrogens (tertiary/aromatic N) is 4. The second kappa shape index (κ2) is 7.13. The first-order chi connectivity index (χ1) is 12.3. The lowest BCUT2D eigenvalue weighted by Gasteiger charge is -2.01. The lowest BCUT2D eigenvalue weighted by Crippen LogP contribution is -1.92. The Morgan fingerprint density at radius 2 is 2.00 bits per heavy atom. The van der Waals surface area contributed by atoms with E-state index in [1.165, 1.54) is 5.56 Å². The van der Waals surface area contributed by atoms with E-state index >= 15 is 0 Å². The van der Waals surface area contributed by atoms with Gasteiger partial charge in [0.05, 0.1) is 6.21 Å². The van der Waals surface area contributed by atoms with E-state index in [1.807, 2.05) is 54.9 Å². The van der Waals surface area contributed by atoms with Crippen molar-refractivity contribution in [3.63, 3.8) is 0 Å². The highest BCUT2D eigenvalue weighted by Gasteiger charge is 2.05. The number of nitrogens with one attached hydrogen (secondary N) is 1. The minimum absolute atomic E-state index is 0.736. The minimum Gasteiger partial charge on any atom is -0.361 e.